The Labute approximate surface area is 247 Å². The van der Waals surface area contributed by atoms with E-state index in [0.717, 1.165) is 42.4 Å². The molecular formula is C33H38Cl2N2O3. The molecule has 2 amide bonds. The van der Waals surface area contributed by atoms with Gasteiger partial charge < -0.3 is 15.0 Å². The summed E-state index contributed by atoms with van der Waals surface area (Å²) < 4.78 is 6.13. The first-order valence-electron chi connectivity index (χ1n) is 13.9. The van der Waals surface area contributed by atoms with E-state index in [1.807, 2.05) is 60.7 Å². The number of halogens is 2. The van der Waals surface area contributed by atoms with Crippen molar-refractivity contribution in [2.75, 3.05) is 6.61 Å². The lowest BCUT2D eigenvalue weighted by atomic mass is 9.86. The number of amides is 2. The van der Waals surface area contributed by atoms with Gasteiger partial charge in [0.1, 0.15) is 11.8 Å². The predicted molar refractivity (Wildman–Crippen MR) is 162 cm³/mol. The lowest BCUT2D eigenvalue weighted by Crippen LogP contribution is -2.53. The van der Waals surface area contributed by atoms with Crippen molar-refractivity contribution in [2.45, 2.75) is 76.9 Å². The minimum Gasteiger partial charge on any atom is -0.483 e. The Balaban J connectivity index is 1.65. The molecule has 3 aromatic rings. The molecule has 40 heavy (non-hydrogen) atoms. The molecule has 1 atom stereocenters. The van der Waals surface area contributed by atoms with Gasteiger partial charge in [-0.25, -0.2) is 0 Å². The van der Waals surface area contributed by atoms with E-state index in [1.54, 1.807) is 17.0 Å². The number of carbonyl (C=O) groups is 2. The van der Waals surface area contributed by atoms with Crippen molar-refractivity contribution in [2.24, 2.45) is 0 Å². The number of carbonyl (C=O) groups excluding carboxylic acids is 2. The third-order valence-corrected chi connectivity index (χ3v) is 8.09. The normalized spacial score (nSPS) is 14.5. The minimum atomic E-state index is -0.730. The number of hydrogen-bond acceptors (Lipinski definition) is 3. The molecule has 0 aromatic heterocycles. The van der Waals surface area contributed by atoms with Crippen LogP contribution in [-0.4, -0.2) is 35.4 Å². The SMILES string of the molecule is CC(C)(C)c1ccccc1OCC(=O)N(Cc1ccc(Cl)c(Cl)c1)[C@@H](Cc1ccccc1)C(=O)NC1CCCC1. The van der Waals surface area contributed by atoms with Crippen LogP contribution in [-0.2, 0) is 28.0 Å². The molecule has 0 radical (unpaired) electrons. The van der Waals surface area contributed by atoms with Crippen molar-refractivity contribution < 1.29 is 14.3 Å². The number of benzene rings is 3. The molecule has 3 aromatic carbocycles. The van der Waals surface area contributed by atoms with Crippen molar-refractivity contribution in [1.29, 1.82) is 0 Å². The highest BCUT2D eigenvalue weighted by molar-refractivity contribution is 6.42. The van der Waals surface area contributed by atoms with E-state index < -0.39 is 6.04 Å². The highest BCUT2D eigenvalue weighted by Gasteiger charge is 2.33. The van der Waals surface area contributed by atoms with Crippen LogP contribution in [0.25, 0.3) is 0 Å². The van der Waals surface area contributed by atoms with Gasteiger partial charge in [-0.1, -0.05) is 111 Å². The summed E-state index contributed by atoms with van der Waals surface area (Å²) in [5.41, 5.74) is 2.61. The maximum absolute atomic E-state index is 14.0. The van der Waals surface area contributed by atoms with Gasteiger partial charge in [-0.3, -0.25) is 9.59 Å². The van der Waals surface area contributed by atoms with Crippen LogP contribution < -0.4 is 10.1 Å². The van der Waals surface area contributed by atoms with Crippen molar-refractivity contribution in [1.82, 2.24) is 10.2 Å². The molecule has 0 bridgehead atoms. The zero-order valence-corrected chi connectivity index (χ0v) is 25.0. The zero-order valence-electron chi connectivity index (χ0n) is 23.5. The molecule has 1 aliphatic carbocycles. The van der Waals surface area contributed by atoms with Gasteiger partial charge in [0.15, 0.2) is 6.61 Å². The minimum absolute atomic E-state index is 0.127. The Kier molecular flexibility index (Phi) is 10.2. The number of ether oxygens (including phenoxy) is 1. The van der Waals surface area contributed by atoms with E-state index in [4.69, 9.17) is 27.9 Å². The van der Waals surface area contributed by atoms with Crippen LogP contribution in [0.4, 0.5) is 0 Å². The first kappa shape index (κ1) is 30.0. The fraction of sp³-hybridized carbons (Fsp3) is 0.394. The summed E-state index contributed by atoms with van der Waals surface area (Å²) in [6, 6.07) is 22.2. The Morgan fingerprint density at radius 2 is 1.60 bits per heavy atom. The van der Waals surface area contributed by atoms with Gasteiger partial charge in [0.2, 0.25) is 5.91 Å². The molecule has 7 heteroatoms. The molecular weight excluding hydrogens is 543 g/mol. The standard InChI is InChI=1S/C33H38Cl2N2O3/c1-33(2,3)26-15-9-10-16-30(26)40-22-31(38)37(21-24-17-18-27(34)28(35)19-24)29(20-23-11-5-4-6-12-23)32(39)36-25-13-7-8-14-25/h4-6,9-12,15-19,25,29H,7-8,13-14,20-22H2,1-3H3,(H,36,39)/t29-/m0/s1. The van der Waals surface area contributed by atoms with Gasteiger partial charge in [0.25, 0.3) is 5.91 Å². The largest absolute Gasteiger partial charge is 0.483 e. The van der Waals surface area contributed by atoms with Crippen molar-refractivity contribution in [3.63, 3.8) is 0 Å². The van der Waals surface area contributed by atoms with Gasteiger partial charge >= 0.3 is 0 Å². The topological polar surface area (TPSA) is 58.6 Å². The summed E-state index contributed by atoms with van der Waals surface area (Å²) in [5.74, 6) is 0.226. The van der Waals surface area contributed by atoms with Crippen LogP contribution in [0.1, 0.15) is 63.1 Å². The Bertz CT molecular complexity index is 1300. The first-order chi connectivity index (χ1) is 19.1. The molecule has 1 fully saturated rings. The number of para-hydroxylation sites is 1. The van der Waals surface area contributed by atoms with Gasteiger partial charge in [0, 0.05) is 19.0 Å². The third-order valence-electron chi connectivity index (χ3n) is 7.36. The molecule has 0 spiro atoms. The van der Waals surface area contributed by atoms with Crippen LogP contribution in [0.2, 0.25) is 10.0 Å². The van der Waals surface area contributed by atoms with Gasteiger partial charge in [-0.05, 0) is 53.1 Å². The Hall–Kier alpha value is -3.02. The monoisotopic (exact) mass is 580 g/mol. The van der Waals surface area contributed by atoms with Crippen molar-refractivity contribution in [3.05, 3.63) is 99.5 Å². The lowest BCUT2D eigenvalue weighted by molar-refractivity contribution is -0.143. The molecule has 4 rings (SSSR count). The van der Waals surface area contributed by atoms with E-state index in [0.29, 0.717) is 22.2 Å². The zero-order chi connectivity index (χ0) is 28.7. The summed E-state index contributed by atoms with van der Waals surface area (Å²) in [6.45, 7) is 6.32. The smallest absolute Gasteiger partial charge is 0.261 e. The fourth-order valence-electron chi connectivity index (χ4n) is 5.19. The van der Waals surface area contributed by atoms with Gasteiger partial charge in [-0.2, -0.15) is 0 Å². The quantitative estimate of drug-likeness (QED) is 0.272. The average Bonchev–Trinajstić information content (AvgIpc) is 3.44. The molecule has 0 unspecified atom stereocenters. The van der Waals surface area contributed by atoms with Crippen LogP contribution in [0.5, 0.6) is 5.75 Å². The highest BCUT2D eigenvalue weighted by atomic mass is 35.5. The maximum Gasteiger partial charge on any atom is 0.261 e. The number of rotatable bonds is 10. The van der Waals surface area contributed by atoms with E-state index in [1.165, 1.54) is 0 Å². The van der Waals surface area contributed by atoms with Crippen molar-refractivity contribution in [3.8, 4) is 5.75 Å². The van der Waals surface area contributed by atoms with E-state index in [9.17, 15) is 9.59 Å². The average molecular weight is 582 g/mol. The number of nitrogens with zero attached hydrogens (tertiary/aromatic N) is 1. The molecule has 212 valence electrons. The first-order valence-corrected chi connectivity index (χ1v) is 14.7. The summed E-state index contributed by atoms with van der Waals surface area (Å²) >= 11 is 12.5. The number of nitrogens with one attached hydrogen (secondary N) is 1. The predicted octanol–water partition coefficient (Wildman–Crippen LogP) is 7.37. The lowest BCUT2D eigenvalue weighted by Gasteiger charge is -2.32. The van der Waals surface area contributed by atoms with Crippen LogP contribution >= 0.6 is 23.2 Å². The second-order valence-electron chi connectivity index (χ2n) is 11.5. The molecule has 1 N–H and O–H groups in total. The van der Waals surface area contributed by atoms with Crippen LogP contribution in [0, 0.1) is 0 Å². The molecule has 0 heterocycles. The van der Waals surface area contributed by atoms with Gasteiger partial charge in [0.05, 0.1) is 10.0 Å². The van der Waals surface area contributed by atoms with E-state index >= 15 is 0 Å². The van der Waals surface area contributed by atoms with Crippen LogP contribution in [0.15, 0.2) is 72.8 Å². The van der Waals surface area contributed by atoms with Crippen LogP contribution in [0.3, 0.4) is 0 Å². The van der Waals surface area contributed by atoms with Gasteiger partial charge in [-0.15, -0.1) is 0 Å². The summed E-state index contributed by atoms with van der Waals surface area (Å²) in [7, 11) is 0. The van der Waals surface area contributed by atoms with Crippen molar-refractivity contribution >= 4 is 35.0 Å². The third kappa shape index (κ3) is 8.02. The summed E-state index contributed by atoms with van der Waals surface area (Å²) in [4.78, 5) is 29.4. The van der Waals surface area contributed by atoms with E-state index in [-0.39, 0.29) is 36.4 Å². The Morgan fingerprint density at radius 1 is 0.925 bits per heavy atom. The molecule has 1 aliphatic rings. The molecule has 0 saturated heterocycles. The molecule has 1 saturated carbocycles. The summed E-state index contributed by atoms with van der Waals surface area (Å²) in [6.07, 6.45) is 4.49. The maximum atomic E-state index is 14.0. The second kappa shape index (κ2) is 13.6. The van der Waals surface area contributed by atoms with E-state index in [2.05, 4.69) is 26.1 Å². The summed E-state index contributed by atoms with van der Waals surface area (Å²) in [5, 5.41) is 4.06. The highest BCUT2D eigenvalue weighted by Crippen LogP contribution is 2.31. The fourth-order valence-corrected chi connectivity index (χ4v) is 5.51. The Morgan fingerprint density at radius 3 is 2.27 bits per heavy atom. The second-order valence-corrected chi connectivity index (χ2v) is 12.3. The molecule has 5 nitrogen and oxygen atoms in total. The molecule has 0 aliphatic heterocycles. The number of hydrogen-bond donors (Lipinski definition) is 1.